The summed E-state index contributed by atoms with van der Waals surface area (Å²) in [6, 6.07) is 14.9. The van der Waals surface area contributed by atoms with E-state index in [-0.39, 0.29) is 5.91 Å². The van der Waals surface area contributed by atoms with Crippen molar-refractivity contribution < 1.29 is 18.7 Å². The highest BCUT2D eigenvalue weighted by Crippen LogP contribution is 2.34. The van der Waals surface area contributed by atoms with Gasteiger partial charge in [-0.15, -0.1) is 11.3 Å². The summed E-state index contributed by atoms with van der Waals surface area (Å²) in [5.41, 5.74) is 3.06. The number of furan rings is 1. The molecule has 32 heavy (non-hydrogen) atoms. The van der Waals surface area contributed by atoms with Gasteiger partial charge in [0.05, 0.1) is 22.5 Å². The van der Waals surface area contributed by atoms with Crippen LogP contribution in [0.3, 0.4) is 0 Å². The number of hydrogen-bond donors (Lipinski definition) is 0. The Hall–Kier alpha value is -3.10. The average Bonchev–Trinajstić information content (AvgIpc) is 3.53. The largest absolute Gasteiger partial charge is 0.464 e. The molecule has 1 atom stereocenters. The van der Waals surface area contributed by atoms with Crippen molar-refractivity contribution in [3.8, 4) is 11.3 Å². The Morgan fingerprint density at radius 2 is 1.94 bits per heavy atom. The zero-order chi connectivity index (χ0) is 22.2. The molecule has 0 aliphatic carbocycles. The standard InChI is InChI=1S/C24H20N2O4S2/c1-14-6-8-16(9-7-14)20-21(32-15(2)25-20)22(27)26-11-13-31-24(26)30-23(28)18-4-3-5-19-17(18)10-12-29-19/h3-10,12,24H,11,13H2,1-2H3. The second-order valence-electron chi connectivity index (χ2n) is 7.50. The number of carbonyl (C=O) groups excluding carboxylic acids is 2. The molecule has 2 aromatic carbocycles. The van der Waals surface area contributed by atoms with E-state index in [0.29, 0.717) is 39.4 Å². The lowest BCUT2D eigenvalue weighted by Gasteiger charge is -2.23. The summed E-state index contributed by atoms with van der Waals surface area (Å²) in [5, 5.41) is 1.51. The summed E-state index contributed by atoms with van der Waals surface area (Å²) in [6.45, 7) is 4.41. The molecule has 1 amide bonds. The second-order valence-corrected chi connectivity index (χ2v) is 9.84. The predicted molar refractivity (Wildman–Crippen MR) is 126 cm³/mol. The first-order valence-electron chi connectivity index (χ1n) is 10.2. The van der Waals surface area contributed by atoms with Crippen molar-refractivity contribution in [2.45, 2.75) is 19.4 Å². The fraction of sp³-hybridized carbons (Fsp3) is 0.208. The summed E-state index contributed by atoms with van der Waals surface area (Å²) < 4.78 is 11.1. The van der Waals surface area contributed by atoms with Gasteiger partial charge in [0.15, 0.2) is 0 Å². The predicted octanol–water partition coefficient (Wildman–Crippen LogP) is 5.50. The van der Waals surface area contributed by atoms with Crippen molar-refractivity contribution in [3.05, 3.63) is 75.8 Å². The van der Waals surface area contributed by atoms with Gasteiger partial charge in [0.2, 0.25) is 5.56 Å². The minimum atomic E-state index is -0.689. The lowest BCUT2D eigenvalue weighted by molar-refractivity contribution is 0.0148. The maximum atomic E-state index is 13.5. The number of hydrogen-bond acceptors (Lipinski definition) is 7. The number of esters is 1. The van der Waals surface area contributed by atoms with Gasteiger partial charge in [-0.1, -0.05) is 47.7 Å². The van der Waals surface area contributed by atoms with Crippen LogP contribution in [-0.2, 0) is 4.74 Å². The third kappa shape index (κ3) is 3.80. The summed E-state index contributed by atoms with van der Waals surface area (Å²) in [7, 11) is 0. The van der Waals surface area contributed by atoms with Gasteiger partial charge in [0.1, 0.15) is 10.5 Å². The highest BCUT2D eigenvalue weighted by atomic mass is 32.2. The van der Waals surface area contributed by atoms with E-state index in [9.17, 15) is 9.59 Å². The smallest absolute Gasteiger partial charge is 0.341 e. The first kappa shape index (κ1) is 20.8. The molecule has 1 unspecified atom stereocenters. The van der Waals surface area contributed by atoms with Crippen LogP contribution in [0.5, 0.6) is 0 Å². The van der Waals surface area contributed by atoms with E-state index in [4.69, 9.17) is 9.15 Å². The molecular weight excluding hydrogens is 444 g/mol. The van der Waals surface area contributed by atoms with Crippen molar-refractivity contribution >= 4 is 45.9 Å². The van der Waals surface area contributed by atoms with Gasteiger partial charge >= 0.3 is 5.97 Å². The van der Waals surface area contributed by atoms with Gasteiger partial charge in [-0.2, -0.15) is 0 Å². The van der Waals surface area contributed by atoms with Crippen LogP contribution >= 0.6 is 23.1 Å². The van der Waals surface area contributed by atoms with Gasteiger partial charge in [-0.05, 0) is 32.0 Å². The topological polar surface area (TPSA) is 72.6 Å². The van der Waals surface area contributed by atoms with Gasteiger partial charge in [-0.3, -0.25) is 9.69 Å². The second kappa shape index (κ2) is 8.44. The Bertz CT molecular complexity index is 1310. The van der Waals surface area contributed by atoms with Crippen LogP contribution in [0.25, 0.3) is 22.2 Å². The maximum Gasteiger partial charge on any atom is 0.341 e. The summed E-state index contributed by atoms with van der Waals surface area (Å²) in [5.74, 6) is 0.0426. The fourth-order valence-corrected chi connectivity index (χ4v) is 5.62. The van der Waals surface area contributed by atoms with Crippen molar-refractivity contribution in [1.82, 2.24) is 9.88 Å². The van der Waals surface area contributed by atoms with Gasteiger partial charge < -0.3 is 9.15 Å². The zero-order valence-electron chi connectivity index (χ0n) is 17.5. The number of aryl methyl sites for hydroxylation is 2. The molecule has 5 rings (SSSR count). The van der Waals surface area contributed by atoms with Crippen LogP contribution in [0.15, 0.2) is 59.2 Å². The number of carbonyl (C=O) groups is 2. The third-order valence-corrected chi connectivity index (χ3v) is 7.30. The number of aromatic nitrogens is 1. The minimum Gasteiger partial charge on any atom is -0.464 e. The van der Waals surface area contributed by atoms with Crippen LogP contribution in [0.4, 0.5) is 0 Å². The normalized spacial score (nSPS) is 15.9. The molecule has 0 radical (unpaired) electrons. The molecule has 4 aromatic rings. The molecule has 0 N–H and O–H groups in total. The van der Waals surface area contributed by atoms with Crippen LogP contribution in [-0.4, -0.2) is 39.6 Å². The molecule has 1 fully saturated rings. The molecule has 3 heterocycles. The average molecular weight is 465 g/mol. The van der Waals surface area contributed by atoms with E-state index < -0.39 is 11.5 Å². The third-order valence-electron chi connectivity index (χ3n) is 5.28. The highest BCUT2D eigenvalue weighted by Gasteiger charge is 2.35. The maximum absolute atomic E-state index is 13.5. The Balaban J connectivity index is 1.40. The molecule has 0 spiro atoms. The molecule has 1 aliphatic heterocycles. The number of thioether (sulfide) groups is 1. The zero-order valence-corrected chi connectivity index (χ0v) is 19.2. The van der Waals surface area contributed by atoms with E-state index in [0.717, 1.165) is 16.1 Å². The number of benzene rings is 2. The SMILES string of the molecule is Cc1ccc(-c2nc(C)sc2C(=O)N2CCSC2OC(=O)c2cccc3occc23)cc1. The Morgan fingerprint density at radius 3 is 2.75 bits per heavy atom. The number of ether oxygens (including phenoxy) is 1. The summed E-state index contributed by atoms with van der Waals surface area (Å²) in [4.78, 5) is 33.2. The summed E-state index contributed by atoms with van der Waals surface area (Å²) >= 11 is 2.80. The fourth-order valence-electron chi connectivity index (χ4n) is 3.68. The number of rotatable bonds is 4. The quantitative estimate of drug-likeness (QED) is 0.371. The molecule has 162 valence electrons. The lowest BCUT2D eigenvalue weighted by atomic mass is 10.1. The van der Waals surface area contributed by atoms with E-state index in [1.165, 1.54) is 23.1 Å². The molecule has 2 aromatic heterocycles. The van der Waals surface area contributed by atoms with E-state index in [2.05, 4.69) is 4.98 Å². The van der Waals surface area contributed by atoms with Gasteiger partial charge in [0.25, 0.3) is 5.91 Å². The lowest BCUT2D eigenvalue weighted by Crippen LogP contribution is -2.37. The first-order chi connectivity index (χ1) is 15.5. The Labute approximate surface area is 193 Å². The van der Waals surface area contributed by atoms with Crippen LogP contribution < -0.4 is 0 Å². The van der Waals surface area contributed by atoms with Crippen molar-refractivity contribution in [2.75, 3.05) is 12.3 Å². The number of amides is 1. The molecule has 0 bridgehead atoms. The number of nitrogens with zero attached hydrogens (tertiary/aromatic N) is 2. The van der Waals surface area contributed by atoms with Crippen LogP contribution in [0.2, 0.25) is 0 Å². The monoisotopic (exact) mass is 464 g/mol. The van der Waals surface area contributed by atoms with Crippen molar-refractivity contribution in [3.63, 3.8) is 0 Å². The molecule has 8 heteroatoms. The molecule has 1 saturated heterocycles. The van der Waals surface area contributed by atoms with E-state index in [1.54, 1.807) is 35.4 Å². The number of thiazole rings is 1. The molecular formula is C24H20N2O4S2. The Morgan fingerprint density at radius 1 is 1.12 bits per heavy atom. The number of fused-ring (bicyclic) bond motifs is 1. The highest BCUT2D eigenvalue weighted by molar-refractivity contribution is 8.00. The van der Waals surface area contributed by atoms with E-state index in [1.807, 2.05) is 38.1 Å². The molecule has 1 aliphatic rings. The summed E-state index contributed by atoms with van der Waals surface area (Å²) in [6.07, 6.45) is 1.54. The van der Waals surface area contributed by atoms with Gasteiger partial charge in [0, 0.05) is 23.2 Å². The van der Waals surface area contributed by atoms with Crippen molar-refractivity contribution in [1.29, 1.82) is 0 Å². The van der Waals surface area contributed by atoms with Crippen LogP contribution in [0.1, 0.15) is 30.6 Å². The minimum absolute atomic E-state index is 0.171. The van der Waals surface area contributed by atoms with Gasteiger partial charge in [-0.25, -0.2) is 9.78 Å². The van der Waals surface area contributed by atoms with E-state index >= 15 is 0 Å². The molecule has 0 saturated carbocycles. The van der Waals surface area contributed by atoms with Crippen molar-refractivity contribution in [2.24, 2.45) is 0 Å². The first-order valence-corrected chi connectivity index (χ1v) is 12.0. The van der Waals surface area contributed by atoms with Crippen LogP contribution in [0, 0.1) is 13.8 Å². The Kier molecular flexibility index (Phi) is 5.48. The molecule has 6 nitrogen and oxygen atoms in total.